The van der Waals surface area contributed by atoms with Gasteiger partial charge in [-0.05, 0) is 130 Å². The SMILES string of the molecule is Cc1ccc(C2NCCc3c2[nH]c2ccccc32)cc1.Cc1ccc(C2c3[nH]c4ccccc4c3CCN2C(=O)C2CCCC2)cc1.Cc1ccc(C=O)cc1.NCCc1c[nH]c2ccccc12.O=C(Cl)C1CCCC1. The zero-order valence-corrected chi connectivity index (χ0v) is 45.1. The Morgan fingerprint density at radius 2 is 1.11 bits per heavy atom. The van der Waals surface area contributed by atoms with Gasteiger partial charge in [0.2, 0.25) is 11.1 Å². The number of carbonyl (C=O) groups excluding carboxylic acids is 3. The summed E-state index contributed by atoms with van der Waals surface area (Å²) in [6.45, 7) is 8.79. The first kappa shape index (κ1) is 53.8. The highest BCUT2D eigenvalue weighted by Gasteiger charge is 2.38. The second kappa shape index (κ2) is 25.7. The minimum atomic E-state index is -0.137. The molecule has 2 unspecified atom stereocenters. The minimum absolute atomic E-state index is 0.00477. The molecule has 10 heteroatoms. The number of fused-ring (bicyclic) bond motifs is 7. The second-order valence-electron chi connectivity index (χ2n) is 21.0. The van der Waals surface area contributed by atoms with Crippen molar-refractivity contribution < 1.29 is 14.4 Å². The number of nitrogens with one attached hydrogen (secondary N) is 4. The number of hydrogen-bond donors (Lipinski definition) is 5. The number of halogens is 1. The minimum Gasteiger partial charge on any atom is -0.361 e. The van der Waals surface area contributed by atoms with Gasteiger partial charge >= 0.3 is 0 Å². The zero-order valence-electron chi connectivity index (χ0n) is 44.3. The lowest BCUT2D eigenvalue weighted by molar-refractivity contribution is -0.137. The van der Waals surface area contributed by atoms with E-state index >= 15 is 0 Å². The lowest BCUT2D eigenvalue weighted by atomic mass is 9.90. The van der Waals surface area contributed by atoms with Crippen molar-refractivity contribution in [2.75, 3.05) is 19.6 Å². The molecular weight excluding hydrogens is 960 g/mol. The molecule has 2 aliphatic carbocycles. The third-order valence-corrected chi connectivity index (χ3v) is 16.0. The molecule has 0 bridgehead atoms. The van der Waals surface area contributed by atoms with Crippen LogP contribution in [0, 0.1) is 32.6 Å². The van der Waals surface area contributed by atoms with E-state index in [0.29, 0.717) is 12.5 Å². The Morgan fingerprint density at radius 1 is 0.605 bits per heavy atom. The Bertz CT molecular complexity index is 3340. The highest BCUT2D eigenvalue weighted by atomic mass is 35.5. The fourth-order valence-corrected chi connectivity index (χ4v) is 11.7. The van der Waals surface area contributed by atoms with E-state index in [1.807, 2.05) is 43.5 Å². The van der Waals surface area contributed by atoms with Crippen LogP contribution in [0.25, 0.3) is 32.7 Å². The topological polar surface area (TPSA) is 140 Å². The van der Waals surface area contributed by atoms with Crippen LogP contribution >= 0.6 is 11.6 Å². The number of rotatable bonds is 7. The first-order valence-electron chi connectivity index (χ1n) is 27.4. The molecule has 2 fully saturated rings. The molecule has 2 atom stereocenters. The van der Waals surface area contributed by atoms with Crippen LogP contribution in [0.1, 0.15) is 130 Å². The number of benzene rings is 6. The summed E-state index contributed by atoms with van der Waals surface area (Å²) in [5.41, 5.74) is 22.8. The van der Waals surface area contributed by atoms with Crippen LogP contribution in [-0.4, -0.2) is 56.9 Å². The van der Waals surface area contributed by atoms with Gasteiger partial charge in [-0.3, -0.25) is 14.4 Å². The number of aromatic nitrogens is 3. The number of carbonyl (C=O) groups is 3. The Labute approximate surface area is 453 Å². The van der Waals surface area contributed by atoms with Crippen LogP contribution < -0.4 is 11.1 Å². The summed E-state index contributed by atoms with van der Waals surface area (Å²) in [6, 6.07) is 50.7. The number of aromatic amines is 3. The van der Waals surface area contributed by atoms with Crippen molar-refractivity contribution in [1.29, 1.82) is 0 Å². The van der Waals surface area contributed by atoms with Crippen LogP contribution in [0.4, 0.5) is 0 Å². The number of nitrogens with zero attached hydrogens (tertiary/aromatic N) is 1. The van der Waals surface area contributed by atoms with Gasteiger partial charge in [0.15, 0.2) is 0 Å². The standard InChI is InChI=1S/C24H26N2O.C18H18N2.C10H12N2.C8H8O.C6H9ClO/c1-16-10-12-17(13-11-16)23-22-20(19-8-4-5-9-21(19)25-22)14-15-26(23)24(27)18-6-2-3-7-18;1-12-6-8-13(9-7-12)17-18-15(10-11-19-17)14-4-2-3-5-16(14)20-18;11-6-5-8-7-12-10-4-2-1-3-9(8)10;1-7-2-4-8(6-9)5-3-7;7-6(8)5-3-1-2-4-5/h4-5,8-13,18,23,25H,2-3,6-7,14-15H2,1H3;2-9,17,19-20H,10-11H2,1H3;1-4,7,12H,5-6,11H2;2-6H,1H3;5H,1-4H2. The van der Waals surface area contributed by atoms with Gasteiger partial charge in [-0.15, -0.1) is 0 Å². The molecule has 392 valence electrons. The van der Waals surface area contributed by atoms with Gasteiger partial charge in [0.25, 0.3) is 0 Å². The van der Waals surface area contributed by atoms with Crippen molar-refractivity contribution in [1.82, 2.24) is 25.2 Å². The molecule has 5 heterocycles. The summed E-state index contributed by atoms with van der Waals surface area (Å²) in [4.78, 5) is 46.6. The molecule has 2 aliphatic heterocycles. The summed E-state index contributed by atoms with van der Waals surface area (Å²) in [5, 5.41) is 7.48. The number of aldehydes is 1. The molecule has 0 saturated heterocycles. The van der Waals surface area contributed by atoms with E-state index in [2.05, 4.69) is 154 Å². The number of H-pyrrole nitrogens is 3. The Hall–Kier alpha value is -7.04. The van der Waals surface area contributed by atoms with Crippen molar-refractivity contribution in [3.8, 4) is 0 Å². The average molecular weight is 1030 g/mol. The van der Waals surface area contributed by atoms with Crippen molar-refractivity contribution in [3.05, 3.63) is 213 Å². The lowest BCUT2D eigenvalue weighted by Crippen LogP contribution is -2.43. The molecule has 13 rings (SSSR count). The van der Waals surface area contributed by atoms with E-state index in [-0.39, 0.29) is 29.2 Å². The third kappa shape index (κ3) is 12.8. The molecule has 9 nitrogen and oxygen atoms in total. The first-order chi connectivity index (χ1) is 37.1. The number of nitrogens with two attached hydrogens (primary N) is 1. The third-order valence-electron chi connectivity index (χ3n) is 15.7. The van der Waals surface area contributed by atoms with Gasteiger partial charge in [-0.25, -0.2) is 0 Å². The van der Waals surface area contributed by atoms with Crippen LogP contribution in [-0.2, 0) is 28.9 Å². The maximum atomic E-state index is 13.4. The Morgan fingerprint density at radius 3 is 1.66 bits per heavy atom. The molecule has 4 aliphatic rings. The molecule has 76 heavy (non-hydrogen) atoms. The van der Waals surface area contributed by atoms with E-state index in [1.54, 1.807) is 0 Å². The quantitative estimate of drug-likeness (QED) is 0.0799. The van der Waals surface area contributed by atoms with Crippen molar-refractivity contribution >= 4 is 61.7 Å². The molecule has 9 aromatic rings. The summed E-state index contributed by atoms with van der Waals surface area (Å²) < 4.78 is 0. The molecule has 6 N–H and O–H groups in total. The Kier molecular flexibility index (Phi) is 18.2. The normalized spacial score (nSPS) is 17.0. The lowest BCUT2D eigenvalue weighted by Gasteiger charge is -2.37. The van der Waals surface area contributed by atoms with Crippen LogP contribution in [0.3, 0.4) is 0 Å². The van der Waals surface area contributed by atoms with Gasteiger partial charge < -0.3 is 30.9 Å². The van der Waals surface area contributed by atoms with Gasteiger partial charge in [0.05, 0.1) is 12.1 Å². The molecular formula is C66H73ClN6O3. The van der Waals surface area contributed by atoms with Gasteiger partial charge in [0, 0.05) is 80.8 Å². The summed E-state index contributed by atoms with van der Waals surface area (Å²) >= 11 is 5.25. The average Bonchev–Trinajstić information content (AvgIpc) is 4.36. The predicted molar refractivity (Wildman–Crippen MR) is 312 cm³/mol. The highest BCUT2D eigenvalue weighted by Crippen LogP contribution is 2.41. The van der Waals surface area contributed by atoms with Crippen LogP contribution in [0.2, 0.25) is 0 Å². The maximum absolute atomic E-state index is 13.4. The van der Waals surface area contributed by atoms with E-state index in [4.69, 9.17) is 17.3 Å². The first-order valence-corrected chi connectivity index (χ1v) is 27.8. The largest absolute Gasteiger partial charge is 0.361 e. The number of aryl methyl sites for hydroxylation is 3. The molecule has 0 spiro atoms. The molecule has 1 amide bonds. The van der Waals surface area contributed by atoms with E-state index < -0.39 is 0 Å². The van der Waals surface area contributed by atoms with Gasteiger partial charge in [-0.1, -0.05) is 170 Å². The fraction of sp³-hybridized carbons (Fsp3) is 0.318. The monoisotopic (exact) mass is 1030 g/mol. The zero-order chi connectivity index (χ0) is 53.0. The van der Waals surface area contributed by atoms with Gasteiger partial charge in [-0.2, -0.15) is 0 Å². The summed E-state index contributed by atoms with van der Waals surface area (Å²) in [6.07, 6.45) is 14.7. The van der Waals surface area contributed by atoms with Crippen molar-refractivity contribution in [3.63, 3.8) is 0 Å². The van der Waals surface area contributed by atoms with Crippen molar-refractivity contribution in [2.45, 2.75) is 103 Å². The van der Waals surface area contributed by atoms with Crippen LogP contribution in [0.5, 0.6) is 0 Å². The number of amides is 1. The van der Waals surface area contributed by atoms with E-state index in [0.717, 1.165) is 69.9 Å². The van der Waals surface area contributed by atoms with Crippen LogP contribution in [0.15, 0.2) is 152 Å². The van der Waals surface area contributed by atoms with Gasteiger partial charge in [0.1, 0.15) is 6.29 Å². The number of hydrogen-bond acceptors (Lipinski definition) is 5. The molecule has 0 radical (unpaired) electrons. The van der Waals surface area contributed by atoms with E-state index in [9.17, 15) is 14.4 Å². The molecule has 3 aromatic heterocycles. The molecule has 6 aromatic carbocycles. The molecule has 2 saturated carbocycles. The summed E-state index contributed by atoms with van der Waals surface area (Å²) in [5.74, 6) is 0.753. The Balaban J connectivity index is 0.000000126. The smallest absolute Gasteiger partial charge is 0.226 e. The van der Waals surface area contributed by atoms with Crippen molar-refractivity contribution in [2.24, 2.45) is 17.6 Å². The summed E-state index contributed by atoms with van der Waals surface area (Å²) in [7, 11) is 0. The highest BCUT2D eigenvalue weighted by molar-refractivity contribution is 6.64. The predicted octanol–water partition coefficient (Wildman–Crippen LogP) is 14.3. The fourth-order valence-electron chi connectivity index (χ4n) is 11.5. The second-order valence-corrected chi connectivity index (χ2v) is 21.3. The maximum Gasteiger partial charge on any atom is 0.226 e. The van der Waals surface area contributed by atoms with E-state index in [1.165, 1.54) is 114 Å². The number of para-hydroxylation sites is 3.